The smallest absolute Gasteiger partial charge is 0.277 e. The zero-order valence-electron chi connectivity index (χ0n) is 20.6. The van der Waals surface area contributed by atoms with Crippen LogP contribution in [0.15, 0.2) is 108 Å². The van der Waals surface area contributed by atoms with E-state index in [0.29, 0.717) is 16.5 Å². The van der Waals surface area contributed by atoms with Crippen molar-refractivity contribution in [1.29, 1.82) is 0 Å². The number of hydrogen-bond acceptors (Lipinski definition) is 5. The van der Waals surface area contributed by atoms with E-state index in [4.69, 9.17) is 26.1 Å². The molecule has 7 heteroatoms. The van der Waals surface area contributed by atoms with Gasteiger partial charge in [-0.2, -0.15) is 5.10 Å². The topological polar surface area (TPSA) is 72.8 Å². The van der Waals surface area contributed by atoms with Gasteiger partial charge in [0.15, 0.2) is 6.61 Å². The number of pyridine rings is 1. The Kier molecular flexibility index (Phi) is 7.62. The summed E-state index contributed by atoms with van der Waals surface area (Å²) in [6.07, 6.45) is 1.53. The fraction of sp³-hybridized carbons (Fsp3) is 0.0645. The number of halogens is 1. The van der Waals surface area contributed by atoms with Gasteiger partial charge >= 0.3 is 0 Å². The summed E-state index contributed by atoms with van der Waals surface area (Å²) < 4.78 is 10.9. The van der Waals surface area contributed by atoms with Crippen molar-refractivity contribution < 1.29 is 14.3 Å². The lowest BCUT2D eigenvalue weighted by Crippen LogP contribution is -2.24. The van der Waals surface area contributed by atoms with Crippen LogP contribution in [0.1, 0.15) is 5.56 Å². The molecule has 0 saturated carbocycles. The van der Waals surface area contributed by atoms with Crippen LogP contribution in [0.2, 0.25) is 5.02 Å². The number of hydrogen-bond donors (Lipinski definition) is 1. The van der Waals surface area contributed by atoms with Crippen LogP contribution < -0.4 is 14.9 Å². The van der Waals surface area contributed by atoms with Crippen molar-refractivity contribution in [3.8, 4) is 33.9 Å². The van der Waals surface area contributed by atoms with Gasteiger partial charge < -0.3 is 9.47 Å². The SMILES string of the molecule is COc1ccccc1/C=N\NC(=O)COc1ccc(-c2cc(-c3ccccc3)c3cc(Cl)ccc3n2)cc1. The first kappa shape index (κ1) is 25.0. The number of fused-ring (bicyclic) bond motifs is 1. The molecule has 5 rings (SSSR count). The van der Waals surface area contributed by atoms with Gasteiger partial charge in [-0.25, -0.2) is 10.4 Å². The molecule has 0 fully saturated rings. The number of benzene rings is 4. The summed E-state index contributed by atoms with van der Waals surface area (Å²) in [7, 11) is 1.58. The van der Waals surface area contributed by atoms with Crippen molar-refractivity contribution in [1.82, 2.24) is 10.4 Å². The Bertz CT molecular complexity index is 1600. The van der Waals surface area contributed by atoms with E-state index in [-0.39, 0.29) is 12.5 Å². The van der Waals surface area contributed by atoms with Crippen molar-refractivity contribution in [3.05, 3.63) is 114 Å². The van der Waals surface area contributed by atoms with Crippen LogP contribution in [0.5, 0.6) is 11.5 Å². The molecule has 0 unspecified atom stereocenters. The second-order valence-corrected chi connectivity index (χ2v) is 8.87. The van der Waals surface area contributed by atoms with E-state index in [0.717, 1.165) is 38.9 Å². The van der Waals surface area contributed by atoms with Crippen LogP contribution >= 0.6 is 11.6 Å². The van der Waals surface area contributed by atoms with Gasteiger partial charge in [0.2, 0.25) is 0 Å². The molecule has 1 N–H and O–H groups in total. The van der Waals surface area contributed by atoms with Crippen molar-refractivity contribution in [2.24, 2.45) is 5.10 Å². The summed E-state index contributed by atoms with van der Waals surface area (Å²) in [5.74, 6) is 0.860. The molecule has 38 heavy (non-hydrogen) atoms. The molecule has 0 aliphatic rings. The van der Waals surface area contributed by atoms with E-state index < -0.39 is 0 Å². The van der Waals surface area contributed by atoms with E-state index in [2.05, 4.69) is 28.7 Å². The monoisotopic (exact) mass is 521 g/mol. The van der Waals surface area contributed by atoms with Crippen LogP contribution in [0.3, 0.4) is 0 Å². The number of ether oxygens (including phenoxy) is 2. The number of rotatable bonds is 8. The minimum absolute atomic E-state index is 0.171. The number of carbonyl (C=O) groups excluding carboxylic acids is 1. The van der Waals surface area contributed by atoms with Gasteiger partial charge in [-0.15, -0.1) is 0 Å². The second kappa shape index (κ2) is 11.6. The molecule has 188 valence electrons. The van der Waals surface area contributed by atoms with Crippen LogP contribution in [-0.2, 0) is 4.79 Å². The zero-order chi connectivity index (χ0) is 26.3. The largest absolute Gasteiger partial charge is 0.496 e. The Morgan fingerprint density at radius 2 is 1.68 bits per heavy atom. The molecule has 0 spiro atoms. The van der Waals surface area contributed by atoms with Gasteiger partial charge in [0.25, 0.3) is 5.91 Å². The number of nitrogens with one attached hydrogen (secondary N) is 1. The van der Waals surface area contributed by atoms with Gasteiger partial charge in [0.1, 0.15) is 11.5 Å². The van der Waals surface area contributed by atoms with Crippen molar-refractivity contribution in [2.45, 2.75) is 0 Å². The number of amides is 1. The quantitative estimate of drug-likeness (QED) is 0.181. The predicted octanol–water partition coefficient (Wildman–Crippen LogP) is 6.76. The Morgan fingerprint density at radius 3 is 2.47 bits per heavy atom. The van der Waals surface area contributed by atoms with E-state index in [1.807, 2.05) is 84.9 Å². The molecule has 0 aliphatic heterocycles. The number of aromatic nitrogens is 1. The summed E-state index contributed by atoms with van der Waals surface area (Å²) in [5.41, 5.74) is 7.97. The highest BCUT2D eigenvalue weighted by Crippen LogP contribution is 2.33. The molecular formula is C31H24ClN3O3. The lowest BCUT2D eigenvalue weighted by Gasteiger charge is -2.11. The average Bonchev–Trinajstić information content (AvgIpc) is 2.96. The van der Waals surface area contributed by atoms with Crippen LogP contribution in [0, 0.1) is 0 Å². The molecule has 6 nitrogen and oxygen atoms in total. The zero-order valence-corrected chi connectivity index (χ0v) is 21.4. The summed E-state index contributed by atoms with van der Waals surface area (Å²) >= 11 is 6.29. The molecule has 5 aromatic rings. The van der Waals surface area contributed by atoms with Gasteiger partial charge in [0, 0.05) is 21.5 Å². The van der Waals surface area contributed by atoms with Crippen molar-refractivity contribution >= 4 is 34.6 Å². The molecule has 0 radical (unpaired) electrons. The Labute approximate surface area is 225 Å². The van der Waals surface area contributed by atoms with Crippen LogP contribution in [-0.4, -0.2) is 30.8 Å². The molecule has 0 aliphatic carbocycles. The van der Waals surface area contributed by atoms with Gasteiger partial charge in [-0.3, -0.25) is 4.79 Å². The van der Waals surface area contributed by atoms with E-state index in [1.54, 1.807) is 7.11 Å². The summed E-state index contributed by atoms with van der Waals surface area (Å²) in [6.45, 7) is -0.171. The number of nitrogens with zero attached hydrogens (tertiary/aromatic N) is 2. The molecule has 0 saturated heterocycles. The number of carbonyl (C=O) groups is 1. The summed E-state index contributed by atoms with van der Waals surface area (Å²) in [6, 6.07) is 32.8. The fourth-order valence-corrected chi connectivity index (χ4v) is 4.22. The molecule has 0 atom stereocenters. The third-order valence-corrected chi connectivity index (χ3v) is 6.14. The molecule has 1 heterocycles. The maximum atomic E-state index is 12.2. The maximum Gasteiger partial charge on any atom is 0.277 e. The van der Waals surface area contributed by atoms with Crippen LogP contribution in [0.25, 0.3) is 33.3 Å². The van der Waals surface area contributed by atoms with E-state index in [9.17, 15) is 4.79 Å². The van der Waals surface area contributed by atoms with E-state index in [1.165, 1.54) is 6.21 Å². The highest BCUT2D eigenvalue weighted by molar-refractivity contribution is 6.31. The Hall–Kier alpha value is -4.68. The van der Waals surface area contributed by atoms with Gasteiger partial charge in [0.05, 0.1) is 24.5 Å². The number of hydrazone groups is 1. The lowest BCUT2D eigenvalue weighted by atomic mass is 9.98. The van der Waals surface area contributed by atoms with Gasteiger partial charge in [-0.05, 0) is 71.8 Å². The highest BCUT2D eigenvalue weighted by Gasteiger charge is 2.11. The Balaban J connectivity index is 1.28. The normalized spacial score (nSPS) is 11.0. The average molecular weight is 522 g/mol. The Morgan fingerprint density at radius 1 is 0.921 bits per heavy atom. The molecular weight excluding hydrogens is 498 g/mol. The first-order chi connectivity index (χ1) is 18.6. The molecule has 4 aromatic carbocycles. The third kappa shape index (κ3) is 5.82. The number of para-hydroxylation sites is 1. The first-order valence-corrected chi connectivity index (χ1v) is 12.3. The predicted molar refractivity (Wildman–Crippen MR) is 152 cm³/mol. The molecule has 0 bridgehead atoms. The van der Waals surface area contributed by atoms with Gasteiger partial charge in [-0.1, -0.05) is 54.1 Å². The standard InChI is InChI=1S/C31H24ClN3O3/c1-37-30-10-6-5-9-23(30)19-33-35-31(36)20-38-25-14-11-22(12-15-25)29-18-26(21-7-3-2-4-8-21)27-17-24(32)13-16-28(27)34-29/h2-19H,20H2,1H3,(H,35,36)/b33-19-. The summed E-state index contributed by atoms with van der Waals surface area (Å²) in [4.78, 5) is 17.0. The van der Waals surface area contributed by atoms with Crippen molar-refractivity contribution in [2.75, 3.05) is 13.7 Å². The highest BCUT2D eigenvalue weighted by atomic mass is 35.5. The second-order valence-electron chi connectivity index (χ2n) is 8.43. The molecule has 1 aromatic heterocycles. The molecule has 1 amide bonds. The minimum Gasteiger partial charge on any atom is -0.496 e. The third-order valence-electron chi connectivity index (χ3n) is 5.91. The summed E-state index contributed by atoms with van der Waals surface area (Å²) in [5, 5.41) is 5.64. The number of methoxy groups -OCH3 is 1. The van der Waals surface area contributed by atoms with E-state index >= 15 is 0 Å². The maximum absolute atomic E-state index is 12.2. The first-order valence-electron chi connectivity index (χ1n) is 11.9. The van der Waals surface area contributed by atoms with Crippen molar-refractivity contribution in [3.63, 3.8) is 0 Å². The lowest BCUT2D eigenvalue weighted by molar-refractivity contribution is -0.123. The minimum atomic E-state index is -0.373. The van der Waals surface area contributed by atoms with Crippen LogP contribution in [0.4, 0.5) is 0 Å². The fourth-order valence-electron chi connectivity index (χ4n) is 4.05.